The highest BCUT2D eigenvalue weighted by molar-refractivity contribution is 6.04. The van der Waals surface area contributed by atoms with Gasteiger partial charge in [-0.2, -0.15) is 0 Å². The smallest absolute Gasteiger partial charge is 0.264 e. The van der Waals surface area contributed by atoms with Crippen molar-refractivity contribution in [1.29, 1.82) is 0 Å². The van der Waals surface area contributed by atoms with Crippen LogP contribution in [0.15, 0.2) is 47.6 Å². The van der Waals surface area contributed by atoms with Gasteiger partial charge in [0.25, 0.3) is 5.91 Å². The van der Waals surface area contributed by atoms with E-state index < -0.39 is 23.6 Å². The van der Waals surface area contributed by atoms with Gasteiger partial charge in [0.15, 0.2) is 0 Å². The molecule has 0 aromatic heterocycles. The SMILES string of the molecule is CC(=O)Nc1cccc(CNC(=O)C2CC(c3cc(F)ccc3F)=NO2)c1. The third-order valence-corrected chi connectivity index (χ3v) is 3.91. The first-order chi connectivity index (χ1) is 12.9. The quantitative estimate of drug-likeness (QED) is 0.846. The first-order valence-corrected chi connectivity index (χ1v) is 8.25. The Morgan fingerprint density at radius 1 is 1.22 bits per heavy atom. The van der Waals surface area contributed by atoms with Gasteiger partial charge in [-0.3, -0.25) is 9.59 Å². The lowest BCUT2D eigenvalue weighted by Gasteiger charge is -2.10. The maximum Gasteiger partial charge on any atom is 0.264 e. The number of oxime groups is 1. The molecule has 0 saturated carbocycles. The number of hydrogen-bond donors (Lipinski definition) is 2. The van der Waals surface area contributed by atoms with Gasteiger partial charge in [0.05, 0.1) is 5.71 Å². The van der Waals surface area contributed by atoms with Crippen molar-refractivity contribution in [2.75, 3.05) is 5.32 Å². The Balaban J connectivity index is 1.57. The number of nitrogens with one attached hydrogen (secondary N) is 2. The van der Waals surface area contributed by atoms with Crippen molar-refractivity contribution in [2.24, 2.45) is 5.16 Å². The summed E-state index contributed by atoms with van der Waals surface area (Å²) in [6, 6.07) is 10.1. The summed E-state index contributed by atoms with van der Waals surface area (Å²) in [5.41, 5.74) is 1.57. The summed E-state index contributed by atoms with van der Waals surface area (Å²) in [7, 11) is 0. The van der Waals surface area contributed by atoms with Gasteiger partial charge in [0.1, 0.15) is 11.6 Å². The van der Waals surface area contributed by atoms with Crippen molar-refractivity contribution in [3.8, 4) is 0 Å². The van der Waals surface area contributed by atoms with Gasteiger partial charge in [0, 0.05) is 31.1 Å². The molecule has 0 spiro atoms. The minimum atomic E-state index is -0.916. The highest BCUT2D eigenvalue weighted by Crippen LogP contribution is 2.20. The van der Waals surface area contributed by atoms with E-state index in [1.165, 1.54) is 6.92 Å². The third kappa shape index (κ3) is 4.66. The Morgan fingerprint density at radius 3 is 2.81 bits per heavy atom. The van der Waals surface area contributed by atoms with Crippen molar-refractivity contribution >= 4 is 23.2 Å². The van der Waals surface area contributed by atoms with Crippen LogP contribution in [0.2, 0.25) is 0 Å². The van der Waals surface area contributed by atoms with Gasteiger partial charge < -0.3 is 15.5 Å². The maximum atomic E-state index is 13.8. The lowest BCUT2D eigenvalue weighted by Crippen LogP contribution is -2.34. The van der Waals surface area contributed by atoms with Crippen LogP contribution in [-0.4, -0.2) is 23.6 Å². The summed E-state index contributed by atoms with van der Waals surface area (Å²) in [6.07, 6.45) is -0.876. The van der Waals surface area contributed by atoms with E-state index in [4.69, 9.17) is 4.84 Å². The van der Waals surface area contributed by atoms with E-state index >= 15 is 0 Å². The highest BCUT2D eigenvalue weighted by Gasteiger charge is 2.30. The van der Waals surface area contributed by atoms with E-state index in [1.807, 2.05) is 0 Å². The molecule has 1 aliphatic rings. The highest BCUT2D eigenvalue weighted by atomic mass is 19.1. The first kappa shape index (κ1) is 18.5. The Labute approximate surface area is 154 Å². The van der Waals surface area contributed by atoms with E-state index in [-0.39, 0.29) is 30.1 Å². The minimum absolute atomic E-state index is 0.0201. The molecule has 2 N–H and O–H groups in total. The van der Waals surface area contributed by atoms with Crippen molar-refractivity contribution in [2.45, 2.75) is 26.0 Å². The number of benzene rings is 2. The molecule has 0 aliphatic carbocycles. The summed E-state index contributed by atoms with van der Waals surface area (Å²) in [4.78, 5) is 28.4. The molecule has 1 heterocycles. The molecule has 3 rings (SSSR count). The molecule has 0 saturated heterocycles. The van der Waals surface area contributed by atoms with E-state index in [1.54, 1.807) is 24.3 Å². The molecule has 2 aromatic carbocycles. The average Bonchev–Trinajstić information content (AvgIpc) is 3.11. The summed E-state index contributed by atoms with van der Waals surface area (Å²) in [6.45, 7) is 1.63. The molecule has 2 aromatic rings. The van der Waals surface area contributed by atoms with Gasteiger partial charge in [-0.05, 0) is 35.9 Å². The van der Waals surface area contributed by atoms with Crippen LogP contribution in [0, 0.1) is 11.6 Å². The summed E-state index contributed by atoms with van der Waals surface area (Å²) >= 11 is 0. The fourth-order valence-corrected chi connectivity index (χ4v) is 2.66. The van der Waals surface area contributed by atoms with Crippen LogP contribution in [0.3, 0.4) is 0 Å². The molecular weight excluding hydrogens is 356 g/mol. The molecular formula is C19H17F2N3O3. The molecule has 1 unspecified atom stereocenters. The second-order valence-corrected chi connectivity index (χ2v) is 6.06. The molecule has 8 heteroatoms. The molecule has 0 fully saturated rings. The number of hydrogen-bond acceptors (Lipinski definition) is 4. The van der Waals surface area contributed by atoms with Crippen LogP contribution in [0.5, 0.6) is 0 Å². The van der Waals surface area contributed by atoms with E-state index in [0.717, 1.165) is 23.8 Å². The van der Waals surface area contributed by atoms with Crippen molar-refractivity contribution < 1.29 is 23.2 Å². The van der Waals surface area contributed by atoms with Crippen molar-refractivity contribution in [3.05, 3.63) is 65.2 Å². The Morgan fingerprint density at radius 2 is 2.04 bits per heavy atom. The number of carbonyl (C=O) groups excluding carboxylic acids is 2. The normalized spacial score (nSPS) is 15.7. The molecule has 6 nitrogen and oxygen atoms in total. The molecule has 0 bridgehead atoms. The fraction of sp³-hybridized carbons (Fsp3) is 0.211. The lowest BCUT2D eigenvalue weighted by atomic mass is 10.0. The monoisotopic (exact) mass is 373 g/mol. The summed E-state index contributed by atoms with van der Waals surface area (Å²) in [5, 5.41) is 9.08. The van der Waals surface area contributed by atoms with Crippen molar-refractivity contribution in [1.82, 2.24) is 5.32 Å². The largest absolute Gasteiger partial charge is 0.382 e. The third-order valence-electron chi connectivity index (χ3n) is 3.91. The van der Waals surface area contributed by atoms with Gasteiger partial charge in [-0.15, -0.1) is 0 Å². The van der Waals surface area contributed by atoms with Crippen LogP contribution in [0.1, 0.15) is 24.5 Å². The molecule has 0 radical (unpaired) electrons. The molecule has 1 atom stereocenters. The first-order valence-electron chi connectivity index (χ1n) is 8.25. The van der Waals surface area contributed by atoms with Gasteiger partial charge >= 0.3 is 0 Å². The predicted molar refractivity (Wildman–Crippen MR) is 95.0 cm³/mol. The second kappa shape index (κ2) is 7.94. The lowest BCUT2D eigenvalue weighted by molar-refractivity contribution is -0.131. The summed E-state index contributed by atoms with van der Waals surface area (Å²) < 4.78 is 27.1. The molecule has 1 aliphatic heterocycles. The zero-order chi connectivity index (χ0) is 19.4. The van der Waals surface area contributed by atoms with Gasteiger partial charge in [-0.1, -0.05) is 17.3 Å². The number of rotatable bonds is 5. The number of anilines is 1. The van der Waals surface area contributed by atoms with Crippen molar-refractivity contribution in [3.63, 3.8) is 0 Å². The minimum Gasteiger partial charge on any atom is -0.382 e. The maximum absolute atomic E-state index is 13.8. The van der Waals surface area contributed by atoms with E-state index in [0.29, 0.717) is 5.69 Å². The Hall–Kier alpha value is -3.29. The second-order valence-electron chi connectivity index (χ2n) is 6.06. The van der Waals surface area contributed by atoms with Gasteiger partial charge in [-0.25, -0.2) is 8.78 Å². The van der Waals surface area contributed by atoms with Crippen LogP contribution in [-0.2, 0) is 21.0 Å². The van der Waals surface area contributed by atoms with Crippen LogP contribution < -0.4 is 10.6 Å². The fourth-order valence-electron chi connectivity index (χ4n) is 2.66. The van der Waals surface area contributed by atoms with Crippen LogP contribution >= 0.6 is 0 Å². The average molecular weight is 373 g/mol. The predicted octanol–water partition coefficient (Wildman–Crippen LogP) is 2.73. The van der Waals surface area contributed by atoms with Crippen LogP contribution in [0.4, 0.5) is 14.5 Å². The summed E-state index contributed by atoms with van der Waals surface area (Å²) in [5.74, 6) is -1.84. The van der Waals surface area contributed by atoms with E-state index in [9.17, 15) is 18.4 Å². The number of amides is 2. The van der Waals surface area contributed by atoms with Crippen LogP contribution in [0.25, 0.3) is 0 Å². The Kier molecular flexibility index (Phi) is 5.44. The van der Waals surface area contributed by atoms with Gasteiger partial charge in [0.2, 0.25) is 12.0 Å². The molecule has 140 valence electrons. The molecule has 2 amide bonds. The standard InChI is InChI=1S/C19H17F2N3O3/c1-11(25)23-14-4-2-3-12(7-14)10-22-19(26)18-9-17(24-27-18)15-8-13(20)5-6-16(15)21/h2-8,18H,9-10H2,1H3,(H,22,26)(H,23,25). The number of nitrogens with zero attached hydrogens (tertiary/aromatic N) is 1. The topological polar surface area (TPSA) is 79.8 Å². The Bertz CT molecular complexity index is 915. The van der Waals surface area contributed by atoms with E-state index in [2.05, 4.69) is 15.8 Å². The zero-order valence-corrected chi connectivity index (χ0v) is 14.5. The number of carbonyl (C=O) groups is 2. The zero-order valence-electron chi connectivity index (χ0n) is 14.5. The molecule has 27 heavy (non-hydrogen) atoms. The number of halogens is 2.